The molecule has 0 unspecified atom stereocenters. The Morgan fingerprint density at radius 3 is 2.53 bits per heavy atom. The van der Waals surface area contributed by atoms with Gasteiger partial charge in [-0.3, -0.25) is 4.79 Å². The molecule has 1 fully saturated rings. The molecule has 0 radical (unpaired) electrons. The minimum Gasteiger partial charge on any atom is -0.341 e. The van der Waals surface area contributed by atoms with Crippen molar-refractivity contribution in [3.8, 4) is 0 Å². The number of likely N-dealkylation sites (tertiary alicyclic amines) is 1. The Morgan fingerprint density at radius 2 is 1.88 bits per heavy atom. The lowest BCUT2D eigenvalue weighted by atomic mass is 10.1. The van der Waals surface area contributed by atoms with Crippen LogP contribution in [0.4, 0.5) is 17.6 Å². The zero-order valence-corrected chi connectivity index (χ0v) is 17.6. The van der Waals surface area contributed by atoms with E-state index >= 15 is 0 Å². The molecule has 3 aromatic rings. The van der Waals surface area contributed by atoms with Crippen molar-refractivity contribution in [2.45, 2.75) is 30.3 Å². The predicted molar refractivity (Wildman–Crippen MR) is 105 cm³/mol. The average molecular weight is 470 g/mol. The maximum Gasteiger partial charge on any atom is 0.433 e. The number of hydrogen-bond donors (Lipinski definition) is 0. The molecule has 1 aliphatic rings. The van der Waals surface area contributed by atoms with Crippen molar-refractivity contribution < 1.29 is 30.8 Å². The Bertz CT molecular complexity index is 1290. The summed E-state index contributed by atoms with van der Waals surface area (Å²) in [5.74, 6) is -2.36. The Morgan fingerprint density at radius 1 is 1.19 bits per heavy atom. The summed E-state index contributed by atoms with van der Waals surface area (Å²) < 4.78 is 78.7. The number of hydrogen-bond acceptors (Lipinski definition) is 5. The third-order valence-corrected chi connectivity index (χ3v) is 6.93. The largest absolute Gasteiger partial charge is 0.433 e. The Labute approximate surface area is 180 Å². The van der Waals surface area contributed by atoms with E-state index in [1.165, 1.54) is 17.9 Å². The Kier molecular flexibility index (Phi) is 5.43. The quantitative estimate of drug-likeness (QED) is 0.433. The van der Waals surface area contributed by atoms with Crippen LogP contribution in [-0.4, -0.2) is 52.7 Å². The maximum absolute atomic E-state index is 13.4. The molecule has 12 heteroatoms. The summed E-state index contributed by atoms with van der Waals surface area (Å²) in [5, 5.41) is 4.07. The predicted octanol–water partition coefficient (Wildman–Crippen LogP) is 2.99. The lowest BCUT2D eigenvalue weighted by Crippen LogP contribution is -2.34. The van der Waals surface area contributed by atoms with Crippen LogP contribution in [-0.2, 0) is 20.8 Å². The highest BCUT2D eigenvalue weighted by molar-refractivity contribution is 7.92. The van der Waals surface area contributed by atoms with Gasteiger partial charge in [0.25, 0.3) is 0 Å². The molecular weight excluding hydrogens is 452 g/mol. The smallest absolute Gasteiger partial charge is 0.341 e. The fourth-order valence-corrected chi connectivity index (χ4v) is 4.95. The highest BCUT2D eigenvalue weighted by Crippen LogP contribution is 2.32. The van der Waals surface area contributed by atoms with E-state index in [4.69, 9.17) is 0 Å². The van der Waals surface area contributed by atoms with Gasteiger partial charge < -0.3 is 4.90 Å². The van der Waals surface area contributed by atoms with Gasteiger partial charge in [0, 0.05) is 30.8 Å². The second kappa shape index (κ2) is 7.84. The number of nitrogens with zero attached hydrogens (tertiary/aromatic N) is 4. The van der Waals surface area contributed by atoms with E-state index in [0.29, 0.717) is 12.1 Å². The number of amides is 1. The van der Waals surface area contributed by atoms with Crippen molar-refractivity contribution in [1.82, 2.24) is 19.5 Å². The van der Waals surface area contributed by atoms with Gasteiger partial charge in [0.1, 0.15) is 17.3 Å². The molecule has 1 aliphatic heterocycles. The highest BCUT2D eigenvalue weighted by atomic mass is 32.2. The highest BCUT2D eigenvalue weighted by Gasteiger charge is 2.36. The molecule has 3 heterocycles. The van der Waals surface area contributed by atoms with Crippen LogP contribution in [0.2, 0.25) is 0 Å². The number of alkyl halides is 3. The summed E-state index contributed by atoms with van der Waals surface area (Å²) in [6.45, 7) is 1.83. The van der Waals surface area contributed by atoms with E-state index in [0.717, 1.165) is 34.8 Å². The van der Waals surface area contributed by atoms with Gasteiger partial charge >= 0.3 is 6.18 Å². The van der Waals surface area contributed by atoms with Gasteiger partial charge in [-0.2, -0.15) is 18.3 Å². The third kappa shape index (κ3) is 4.31. The Hall–Kier alpha value is -3.02. The van der Waals surface area contributed by atoms with Crippen LogP contribution in [0.3, 0.4) is 0 Å². The minimum atomic E-state index is -4.61. The number of benzene rings is 1. The molecule has 0 bridgehead atoms. The molecule has 1 saturated heterocycles. The summed E-state index contributed by atoms with van der Waals surface area (Å²) in [4.78, 5) is 17.8. The molecule has 170 valence electrons. The summed E-state index contributed by atoms with van der Waals surface area (Å²) in [7, 11) is -3.96. The van der Waals surface area contributed by atoms with Crippen molar-refractivity contribution in [2.75, 3.05) is 18.8 Å². The molecule has 0 saturated carbocycles. The molecule has 4 rings (SSSR count). The lowest BCUT2D eigenvalue weighted by molar-refractivity contribution is -0.142. The zero-order valence-electron chi connectivity index (χ0n) is 16.8. The van der Waals surface area contributed by atoms with Gasteiger partial charge in [-0.05, 0) is 43.7 Å². The molecule has 1 atom stereocenters. The number of carbonyl (C=O) groups excluding carboxylic acids is 1. The monoisotopic (exact) mass is 470 g/mol. The summed E-state index contributed by atoms with van der Waals surface area (Å²) in [5.41, 5.74) is -0.339. The first-order valence-corrected chi connectivity index (χ1v) is 11.3. The summed E-state index contributed by atoms with van der Waals surface area (Å²) >= 11 is 0. The molecule has 0 N–H and O–H groups in total. The molecule has 1 aromatic carbocycles. The minimum absolute atomic E-state index is 0.0518. The summed E-state index contributed by atoms with van der Waals surface area (Å²) in [6.07, 6.45) is -4.19. The van der Waals surface area contributed by atoms with Crippen molar-refractivity contribution in [3.63, 3.8) is 0 Å². The van der Waals surface area contributed by atoms with Crippen LogP contribution in [0.15, 0.2) is 41.3 Å². The van der Waals surface area contributed by atoms with Crippen LogP contribution in [0.25, 0.3) is 5.65 Å². The van der Waals surface area contributed by atoms with Crippen LogP contribution in [0.5, 0.6) is 0 Å². The second-order valence-electron chi connectivity index (χ2n) is 7.66. The van der Waals surface area contributed by atoms with Gasteiger partial charge in [-0.25, -0.2) is 22.3 Å². The third-order valence-electron chi connectivity index (χ3n) is 5.31. The van der Waals surface area contributed by atoms with E-state index in [9.17, 15) is 30.8 Å². The van der Waals surface area contributed by atoms with Crippen molar-refractivity contribution in [3.05, 3.63) is 59.3 Å². The molecular formula is C20H18F4N4O3S. The lowest BCUT2D eigenvalue weighted by Gasteiger charge is -2.16. The molecule has 32 heavy (non-hydrogen) atoms. The molecule has 0 aliphatic carbocycles. The van der Waals surface area contributed by atoms with Crippen LogP contribution >= 0.6 is 0 Å². The number of aromatic nitrogens is 3. The van der Waals surface area contributed by atoms with Gasteiger partial charge in [0.05, 0.1) is 10.6 Å². The standard InChI is InChI=1S/C20H18F4N4O3S/c1-12-8-17(20(22,23)24)28-18(25-12)9-16(26-28)13-6-7-27(10-13)19(29)11-32(30,31)15-4-2-14(21)3-5-15/h2-5,8-9,13H,6-7,10-11H2,1H3/t13-/m1/s1. The average Bonchev–Trinajstić information content (AvgIpc) is 3.33. The second-order valence-corrected chi connectivity index (χ2v) is 9.65. The van der Waals surface area contributed by atoms with E-state index < -0.39 is 39.2 Å². The van der Waals surface area contributed by atoms with Crippen LogP contribution < -0.4 is 0 Å². The molecule has 0 spiro atoms. The number of rotatable bonds is 4. The van der Waals surface area contributed by atoms with Gasteiger partial charge in [-0.1, -0.05) is 0 Å². The van der Waals surface area contributed by atoms with Crippen LogP contribution in [0.1, 0.15) is 29.4 Å². The van der Waals surface area contributed by atoms with Crippen molar-refractivity contribution in [1.29, 1.82) is 0 Å². The molecule has 7 nitrogen and oxygen atoms in total. The van der Waals surface area contributed by atoms with Gasteiger partial charge in [0.2, 0.25) is 5.91 Å². The molecule has 2 aromatic heterocycles. The summed E-state index contributed by atoms with van der Waals surface area (Å²) in [6, 6.07) is 6.54. The molecule has 1 amide bonds. The first kappa shape index (κ1) is 22.2. The topological polar surface area (TPSA) is 84.6 Å². The van der Waals surface area contributed by atoms with E-state index in [2.05, 4.69) is 10.1 Å². The fourth-order valence-electron chi connectivity index (χ4n) is 3.73. The van der Waals surface area contributed by atoms with Crippen molar-refractivity contribution >= 4 is 21.4 Å². The van der Waals surface area contributed by atoms with E-state index in [1.807, 2.05) is 0 Å². The van der Waals surface area contributed by atoms with Gasteiger partial charge in [-0.15, -0.1) is 0 Å². The van der Waals surface area contributed by atoms with Crippen LogP contribution in [0, 0.1) is 12.7 Å². The number of halogens is 4. The number of sulfone groups is 1. The Balaban J connectivity index is 1.51. The number of carbonyl (C=O) groups is 1. The SMILES string of the molecule is Cc1cc(C(F)(F)F)n2nc([C@@H]3CCN(C(=O)CS(=O)(=O)c4ccc(F)cc4)C3)cc2n1. The fraction of sp³-hybridized carbons (Fsp3) is 0.350. The van der Waals surface area contributed by atoms with Crippen molar-refractivity contribution in [2.24, 2.45) is 0 Å². The number of aryl methyl sites for hydroxylation is 1. The first-order chi connectivity index (χ1) is 14.9. The number of fused-ring (bicyclic) bond motifs is 1. The first-order valence-electron chi connectivity index (χ1n) is 9.65. The normalized spacial score (nSPS) is 17.3. The van der Waals surface area contributed by atoms with E-state index in [-0.39, 0.29) is 35.2 Å². The maximum atomic E-state index is 13.4. The van der Waals surface area contributed by atoms with E-state index in [1.54, 1.807) is 0 Å². The zero-order chi connectivity index (χ0) is 23.3. The van der Waals surface area contributed by atoms with Gasteiger partial charge in [0.15, 0.2) is 15.5 Å².